The minimum Gasteiger partial charge on any atom is -0.394 e. The number of amides is 2. The maximum absolute atomic E-state index is 12.4. The van der Waals surface area contributed by atoms with E-state index < -0.39 is 236 Å². The molecule has 2 amide bonds. The summed E-state index contributed by atoms with van der Waals surface area (Å²) in [4.78, 5) is 24.3. The second-order valence-corrected chi connectivity index (χ2v) is 18.3. The van der Waals surface area contributed by atoms with Crippen molar-refractivity contribution in [3.63, 3.8) is 0 Å². The van der Waals surface area contributed by atoms with Crippen molar-refractivity contribution in [2.24, 2.45) is 0 Å². The molecule has 0 saturated carbocycles. The normalized spacial score (nSPS) is 49.8. The van der Waals surface area contributed by atoms with E-state index in [1.165, 1.54) is 0 Å². The number of rotatable bonds is 18. The Balaban J connectivity index is 1.19. The zero-order valence-corrected chi connectivity index (χ0v) is 38.9. The van der Waals surface area contributed by atoms with Gasteiger partial charge in [-0.05, 0) is 0 Å². The van der Waals surface area contributed by atoms with Crippen molar-refractivity contribution in [1.29, 1.82) is 0 Å². The van der Waals surface area contributed by atoms with Gasteiger partial charge in [-0.3, -0.25) is 9.59 Å². The maximum Gasteiger partial charge on any atom is 0.217 e. The van der Waals surface area contributed by atoms with E-state index in [4.69, 9.17) is 52.1 Å². The molecule has 0 aromatic carbocycles. The van der Waals surface area contributed by atoms with Crippen LogP contribution in [0.3, 0.4) is 0 Å². The fourth-order valence-electron chi connectivity index (χ4n) is 9.11. The molecular formula is C40H68N2O31. The van der Waals surface area contributed by atoms with Crippen LogP contribution in [-0.4, -0.2) is 327 Å². The van der Waals surface area contributed by atoms with Crippen LogP contribution in [0.25, 0.3) is 0 Å². The molecular weight excluding hydrogens is 1000 g/mol. The SMILES string of the molecule is CC(=O)N[C@@H]1[C@@H](O)[C@H](O[C@@H]2O[C@H](CO)[C@@H](O[C@@H]3O[C@H](CO[C@H]4O[C@H](CO[C@H]5O[C@H](CO)[C@@H](O)[C@H](O)[C@@H]5O)[C@@H](O)[C@H](O[C@@H]5O[C@H](CO)[C@@H](O)[C@H](O)[C@@H]5O)[C@@H]4O)[C@@H](O)[C@H](O)[C@@H]3O)[C@H](O)[C@H]2NC(C)=O)[C@@H](CO)O[C@H]1O. The molecule has 6 heterocycles. The maximum atomic E-state index is 12.4. The van der Waals surface area contributed by atoms with E-state index in [9.17, 15) is 102 Å². The Hall–Kier alpha value is -2.22. The summed E-state index contributed by atoms with van der Waals surface area (Å²) in [5.41, 5.74) is 0. The molecule has 0 aromatic heterocycles. The second-order valence-electron chi connectivity index (χ2n) is 18.3. The summed E-state index contributed by atoms with van der Waals surface area (Å²) >= 11 is 0. The van der Waals surface area contributed by atoms with Crippen LogP contribution >= 0.6 is 0 Å². The van der Waals surface area contributed by atoms with Crippen LogP contribution in [0, 0.1) is 0 Å². The lowest BCUT2D eigenvalue weighted by Gasteiger charge is -2.49. The van der Waals surface area contributed by atoms with E-state index in [2.05, 4.69) is 10.6 Å². The zero-order chi connectivity index (χ0) is 53.9. The van der Waals surface area contributed by atoms with Gasteiger partial charge >= 0.3 is 0 Å². The first-order chi connectivity index (χ1) is 34.5. The van der Waals surface area contributed by atoms with Gasteiger partial charge in [0.15, 0.2) is 37.7 Å². The summed E-state index contributed by atoms with van der Waals surface area (Å²) < 4.78 is 62.1. The average molecular weight is 1070 g/mol. The molecule has 30 atom stereocenters. The molecule has 6 fully saturated rings. The molecule has 0 radical (unpaired) electrons. The summed E-state index contributed by atoms with van der Waals surface area (Å²) in [5.74, 6) is -1.51. The largest absolute Gasteiger partial charge is 0.394 e. The van der Waals surface area contributed by atoms with Gasteiger partial charge in [0.05, 0.1) is 39.6 Å². The standard InChI is InChI=1S/C40H68N2O31/c1-9(47)41-17-23(53)32(13(5-45)65-35(17)62)71-36-18(42-10(2)48)24(54)33(14(6-46)68-36)72-40-30(60)27(57)21(51)15(70-40)7-64-38-31(61)34(73-39-29(59)26(56)20(50)12(4-44)67-39)22(52)16(69-38)8-63-37-28(58)25(55)19(49)11(3-43)66-37/h11-40,43-46,49-62H,3-8H2,1-2H3,(H,41,47)(H,42,48)/t11-,12-,13-,14-,15-,16-,17-,18-,19-,20-,21-,22-,23-,24-,25+,26+,27+,28+,29+,30+,31+,32-,33-,34+,35-,36+,37+,38+,39+,40+/m1/s1. The summed E-state index contributed by atoms with van der Waals surface area (Å²) in [6.07, 6.45) is -52.5. The number of hydrogen-bond acceptors (Lipinski definition) is 31. The zero-order valence-electron chi connectivity index (χ0n) is 38.9. The molecule has 6 saturated heterocycles. The van der Waals surface area contributed by atoms with E-state index in [0.717, 1.165) is 13.8 Å². The Morgan fingerprint density at radius 1 is 0.356 bits per heavy atom. The molecule has 0 aromatic rings. The van der Waals surface area contributed by atoms with E-state index in [1.54, 1.807) is 0 Å². The molecule has 0 aliphatic carbocycles. The molecule has 6 aliphatic heterocycles. The Labute approximate surface area is 413 Å². The Kier molecular flexibility index (Phi) is 21.3. The van der Waals surface area contributed by atoms with Gasteiger partial charge in [0.25, 0.3) is 0 Å². The lowest BCUT2D eigenvalue weighted by molar-refractivity contribution is -0.376. The average Bonchev–Trinajstić information content (AvgIpc) is 3.35. The van der Waals surface area contributed by atoms with Crippen LogP contribution in [0.5, 0.6) is 0 Å². The van der Waals surface area contributed by atoms with E-state index in [1.807, 2.05) is 0 Å². The van der Waals surface area contributed by atoms with Gasteiger partial charge in [-0.1, -0.05) is 0 Å². The highest BCUT2D eigenvalue weighted by Crippen LogP contribution is 2.35. The lowest BCUT2D eigenvalue weighted by Crippen LogP contribution is -2.70. The number of aliphatic hydroxyl groups is 18. The van der Waals surface area contributed by atoms with Gasteiger partial charge in [-0.15, -0.1) is 0 Å². The Morgan fingerprint density at radius 3 is 1.19 bits per heavy atom. The molecule has 424 valence electrons. The van der Waals surface area contributed by atoms with Crippen LogP contribution < -0.4 is 10.6 Å². The predicted molar refractivity (Wildman–Crippen MR) is 222 cm³/mol. The van der Waals surface area contributed by atoms with Crippen molar-refractivity contribution in [2.45, 2.75) is 198 Å². The van der Waals surface area contributed by atoms with Crippen LogP contribution in [0.15, 0.2) is 0 Å². The fourth-order valence-corrected chi connectivity index (χ4v) is 9.11. The fraction of sp³-hybridized carbons (Fsp3) is 0.950. The third kappa shape index (κ3) is 13.2. The summed E-state index contributed by atoms with van der Waals surface area (Å²) in [6, 6.07) is -3.20. The van der Waals surface area contributed by atoms with Crippen LogP contribution in [0.4, 0.5) is 0 Å². The molecule has 0 bridgehead atoms. The number of hydrogen-bond donors (Lipinski definition) is 20. The number of ether oxygens (including phenoxy) is 11. The van der Waals surface area contributed by atoms with E-state index in [0.29, 0.717) is 0 Å². The molecule has 6 rings (SSSR count). The van der Waals surface area contributed by atoms with Gasteiger partial charge in [-0.2, -0.15) is 0 Å². The number of aliphatic hydroxyl groups excluding tert-OH is 18. The van der Waals surface area contributed by atoms with E-state index >= 15 is 0 Å². The van der Waals surface area contributed by atoms with Gasteiger partial charge in [-0.25, -0.2) is 0 Å². The number of carbonyl (C=O) groups is 2. The van der Waals surface area contributed by atoms with Crippen molar-refractivity contribution in [3.8, 4) is 0 Å². The van der Waals surface area contributed by atoms with Gasteiger partial charge in [0.1, 0.15) is 146 Å². The van der Waals surface area contributed by atoms with Gasteiger partial charge in [0, 0.05) is 13.8 Å². The Morgan fingerprint density at radius 2 is 0.699 bits per heavy atom. The topological polar surface area (TPSA) is 524 Å². The Bertz CT molecular complexity index is 1750. The van der Waals surface area contributed by atoms with E-state index in [-0.39, 0.29) is 0 Å². The number of nitrogens with one attached hydrogen (secondary N) is 2. The predicted octanol–water partition coefficient (Wildman–Crippen LogP) is -13.8. The van der Waals surface area contributed by atoms with Crippen molar-refractivity contribution in [3.05, 3.63) is 0 Å². The molecule has 20 N–H and O–H groups in total. The molecule has 73 heavy (non-hydrogen) atoms. The minimum atomic E-state index is -2.16. The van der Waals surface area contributed by atoms with Crippen LogP contribution in [-0.2, 0) is 61.7 Å². The first-order valence-corrected chi connectivity index (χ1v) is 23.1. The summed E-state index contributed by atoms with van der Waals surface area (Å²) in [7, 11) is 0. The highest BCUT2D eigenvalue weighted by Gasteiger charge is 2.56. The molecule has 0 spiro atoms. The second kappa shape index (κ2) is 26.0. The minimum absolute atomic E-state index is 0.702. The highest BCUT2D eigenvalue weighted by atomic mass is 16.8. The van der Waals surface area contributed by atoms with Crippen LogP contribution in [0.1, 0.15) is 13.8 Å². The number of carbonyl (C=O) groups excluding carboxylic acids is 2. The molecule has 0 unspecified atom stereocenters. The molecule has 33 nitrogen and oxygen atoms in total. The van der Waals surface area contributed by atoms with Crippen LogP contribution in [0.2, 0.25) is 0 Å². The summed E-state index contributed by atoms with van der Waals surface area (Å²) in [5, 5.41) is 196. The van der Waals surface area contributed by atoms with Crippen molar-refractivity contribution in [2.75, 3.05) is 39.6 Å². The first kappa shape index (κ1) is 60.0. The smallest absolute Gasteiger partial charge is 0.217 e. The molecule has 33 heteroatoms. The third-order valence-electron chi connectivity index (χ3n) is 13.2. The quantitative estimate of drug-likeness (QED) is 0.0606. The monoisotopic (exact) mass is 1070 g/mol. The van der Waals surface area contributed by atoms with Crippen molar-refractivity contribution in [1.82, 2.24) is 10.6 Å². The molecule has 6 aliphatic rings. The lowest BCUT2D eigenvalue weighted by atomic mass is 9.94. The highest BCUT2D eigenvalue weighted by molar-refractivity contribution is 5.73. The van der Waals surface area contributed by atoms with Gasteiger partial charge in [0.2, 0.25) is 11.8 Å². The van der Waals surface area contributed by atoms with Crippen molar-refractivity contribution >= 4 is 11.8 Å². The first-order valence-electron chi connectivity index (χ1n) is 23.1. The summed E-state index contributed by atoms with van der Waals surface area (Å²) in [6.45, 7) is -3.29. The van der Waals surface area contributed by atoms with Gasteiger partial charge < -0.3 is 155 Å². The van der Waals surface area contributed by atoms with Crippen molar-refractivity contribution < 1.29 is 154 Å². The third-order valence-corrected chi connectivity index (χ3v) is 13.2.